The molecule has 3 unspecified atom stereocenters. The van der Waals surface area contributed by atoms with E-state index in [1.54, 1.807) is 0 Å². The minimum atomic E-state index is 0.0847. The molecule has 0 saturated carbocycles. The van der Waals surface area contributed by atoms with Gasteiger partial charge in [0.05, 0.1) is 6.20 Å². The first kappa shape index (κ1) is 15.1. The van der Waals surface area contributed by atoms with E-state index in [2.05, 4.69) is 31.2 Å². The van der Waals surface area contributed by atoms with Crippen molar-refractivity contribution in [1.29, 1.82) is 0 Å². The van der Waals surface area contributed by atoms with Gasteiger partial charge < -0.3 is 16.2 Å². The van der Waals surface area contributed by atoms with Gasteiger partial charge in [-0.25, -0.2) is 0 Å². The number of hydrogen-bond acceptors (Lipinski definition) is 4. The normalized spacial score (nSPS) is 16.8. The van der Waals surface area contributed by atoms with Crippen LogP contribution in [0, 0.1) is 5.92 Å². The average Bonchev–Trinajstić information content (AvgIpc) is 2.84. The van der Waals surface area contributed by atoms with Crippen molar-refractivity contribution in [2.24, 2.45) is 11.7 Å². The summed E-state index contributed by atoms with van der Waals surface area (Å²) in [5.41, 5.74) is 6.92. The summed E-state index contributed by atoms with van der Waals surface area (Å²) in [6, 6.07) is 0.651. The van der Waals surface area contributed by atoms with Crippen LogP contribution in [0.5, 0.6) is 0 Å². The van der Waals surface area contributed by atoms with Crippen LogP contribution in [0.3, 0.4) is 0 Å². The topological polar surface area (TPSA) is 76.1 Å². The van der Waals surface area contributed by atoms with Crippen LogP contribution in [0.15, 0.2) is 12.4 Å². The van der Waals surface area contributed by atoms with Gasteiger partial charge in [-0.2, -0.15) is 5.10 Å². The van der Waals surface area contributed by atoms with E-state index in [-0.39, 0.29) is 24.6 Å². The third kappa shape index (κ3) is 3.80. The maximum atomic E-state index is 9.15. The van der Waals surface area contributed by atoms with Crippen molar-refractivity contribution < 1.29 is 5.11 Å². The van der Waals surface area contributed by atoms with Crippen molar-refractivity contribution in [3.8, 4) is 0 Å². The van der Waals surface area contributed by atoms with Gasteiger partial charge in [-0.15, -0.1) is 0 Å². The highest BCUT2D eigenvalue weighted by Crippen LogP contribution is 2.15. The molecule has 0 aliphatic rings. The van der Waals surface area contributed by atoms with Gasteiger partial charge >= 0.3 is 0 Å². The molecule has 1 aromatic rings. The minimum absolute atomic E-state index is 0.0847. The Morgan fingerprint density at radius 2 is 2.06 bits per heavy atom. The fourth-order valence-corrected chi connectivity index (χ4v) is 1.76. The summed E-state index contributed by atoms with van der Waals surface area (Å²) in [4.78, 5) is 0. The number of nitrogens with zero attached hydrogens (tertiary/aromatic N) is 2. The van der Waals surface area contributed by atoms with Crippen LogP contribution in [-0.4, -0.2) is 34.1 Å². The number of nitrogens with one attached hydrogen (secondary N) is 1. The highest BCUT2D eigenvalue weighted by Gasteiger charge is 2.18. The summed E-state index contributed by atoms with van der Waals surface area (Å²) in [6.45, 7) is 8.97. The van der Waals surface area contributed by atoms with Gasteiger partial charge in [0.2, 0.25) is 0 Å². The predicted molar refractivity (Wildman–Crippen MR) is 73.3 cm³/mol. The third-order valence-corrected chi connectivity index (χ3v) is 3.39. The molecule has 0 aromatic carbocycles. The summed E-state index contributed by atoms with van der Waals surface area (Å²) in [5.74, 6) is 0.208. The fourth-order valence-electron chi connectivity index (χ4n) is 1.76. The molecular weight excluding hydrogens is 228 g/mol. The smallest absolute Gasteiger partial charge is 0.0538 e. The van der Waals surface area contributed by atoms with Crippen molar-refractivity contribution in [1.82, 2.24) is 15.1 Å². The van der Waals surface area contributed by atoms with Crippen LogP contribution in [0.2, 0.25) is 0 Å². The van der Waals surface area contributed by atoms with Crippen LogP contribution < -0.4 is 11.1 Å². The van der Waals surface area contributed by atoms with Gasteiger partial charge in [-0.1, -0.05) is 6.92 Å². The molecule has 0 aliphatic heterocycles. The van der Waals surface area contributed by atoms with E-state index in [9.17, 15) is 0 Å². The van der Waals surface area contributed by atoms with E-state index < -0.39 is 0 Å². The molecule has 0 spiro atoms. The Bertz CT molecular complexity index is 351. The van der Waals surface area contributed by atoms with Crippen LogP contribution >= 0.6 is 0 Å². The Balaban J connectivity index is 2.70. The largest absolute Gasteiger partial charge is 0.396 e. The van der Waals surface area contributed by atoms with Gasteiger partial charge in [0.15, 0.2) is 0 Å². The second-order valence-corrected chi connectivity index (χ2v) is 5.25. The van der Waals surface area contributed by atoms with Gasteiger partial charge in [0.25, 0.3) is 0 Å². The summed E-state index contributed by atoms with van der Waals surface area (Å²) < 4.78 is 1.93. The first-order valence-electron chi connectivity index (χ1n) is 6.60. The van der Waals surface area contributed by atoms with Gasteiger partial charge in [-0.05, 0) is 26.7 Å². The summed E-state index contributed by atoms with van der Waals surface area (Å²) in [7, 11) is 0. The standard InChI is InChI=1S/C13H26N4O/c1-9(2)17-7-12(6-15-17)13(5-14)16-11(4)10(3)8-18/h6-7,9-11,13,16,18H,5,8,14H2,1-4H3. The molecule has 18 heavy (non-hydrogen) atoms. The van der Waals surface area contributed by atoms with Crippen LogP contribution in [-0.2, 0) is 0 Å². The molecule has 104 valence electrons. The molecule has 0 amide bonds. The Hall–Kier alpha value is -0.910. The maximum absolute atomic E-state index is 9.15. The number of aliphatic hydroxyl groups excluding tert-OH is 1. The van der Waals surface area contributed by atoms with E-state index in [0.717, 1.165) is 5.56 Å². The van der Waals surface area contributed by atoms with Crippen molar-refractivity contribution >= 4 is 0 Å². The molecule has 1 aromatic heterocycles. The summed E-state index contributed by atoms with van der Waals surface area (Å²) in [6.07, 6.45) is 3.90. The van der Waals surface area contributed by atoms with Crippen molar-refractivity contribution in [3.05, 3.63) is 18.0 Å². The molecule has 1 heterocycles. The molecule has 0 saturated heterocycles. The molecule has 0 bridgehead atoms. The Kier molecular flexibility index (Phi) is 5.78. The number of nitrogens with two attached hydrogens (primary N) is 1. The maximum Gasteiger partial charge on any atom is 0.0538 e. The first-order valence-corrected chi connectivity index (χ1v) is 6.60. The highest BCUT2D eigenvalue weighted by molar-refractivity contribution is 5.11. The summed E-state index contributed by atoms with van der Waals surface area (Å²) in [5, 5.41) is 16.9. The summed E-state index contributed by atoms with van der Waals surface area (Å²) >= 11 is 0. The van der Waals surface area contributed by atoms with E-state index >= 15 is 0 Å². The Labute approximate surface area is 109 Å². The highest BCUT2D eigenvalue weighted by atomic mass is 16.3. The monoisotopic (exact) mass is 254 g/mol. The van der Waals surface area contributed by atoms with Gasteiger partial charge in [0.1, 0.15) is 0 Å². The lowest BCUT2D eigenvalue weighted by Crippen LogP contribution is -2.39. The Morgan fingerprint density at radius 1 is 1.39 bits per heavy atom. The fraction of sp³-hybridized carbons (Fsp3) is 0.769. The van der Waals surface area contributed by atoms with E-state index in [4.69, 9.17) is 10.8 Å². The molecule has 5 heteroatoms. The van der Waals surface area contributed by atoms with Crippen LogP contribution in [0.4, 0.5) is 0 Å². The second-order valence-electron chi connectivity index (χ2n) is 5.25. The van der Waals surface area contributed by atoms with E-state index in [1.165, 1.54) is 0 Å². The molecule has 0 radical (unpaired) electrons. The first-order chi connectivity index (χ1) is 8.49. The molecule has 3 atom stereocenters. The quantitative estimate of drug-likeness (QED) is 0.680. The average molecular weight is 254 g/mol. The zero-order valence-corrected chi connectivity index (χ0v) is 11.8. The lowest BCUT2D eigenvalue weighted by atomic mass is 10.0. The lowest BCUT2D eigenvalue weighted by Gasteiger charge is -2.25. The van der Waals surface area contributed by atoms with Gasteiger partial charge in [0, 0.05) is 43.0 Å². The molecule has 0 aliphatic carbocycles. The van der Waals surface area contributed by atoms with Gasteiger partial charge in [-0.3, -0.25) is 4.68 Å². The Morgan fingerprint density at radius 3 is 2.50 bits per heavy atom. The second kappa shape index (κ2) is 6.87. The number of rotatable bonds is 7. The molecule has 0 fully saturated rings. The third-order valence-electron chi connectivity index (χ3n) is 3.39. The molecule has 1 rings (SSSR count). The SMILES string of the molecule is CC(CO)C(C)NC(CN)c1cnn(C(C)C)c1. The number of aliphatic hydroxyl groups is 1. The number of aromatic nitrogens is 2. The van der Waals surface area contributed by atoms with Crippen molar-refractivity contribution in [3.63, 3.8) is 0 Å². The molecule has 4 N–H and O–H groups in total. The van der Waals surface area contributed by atoms with E-state index in [1.807, 2.05) is 24.0 Å². The molecular formula is C13H26N4O. The minimum Gasteiger partial charge on any atom is -0.396 e. The molecule has 5 nitrogen and oxygen atoms in total. The zero-order chi connectivity index (χ0) is 13.7. The number of hydrogen-bond donors (Lipinski definition) is 3. The lowest BCUT2D eigenvalue weighted by molar-refractivity contribution is 0.201. The predicted octanol–water partition coefficient (Wildman–Crippen LogP) is 1.07. The van der Waals surface area contributed by atoms with Crippen LogP contribution in [0.25, 0.3) is 0 Å². The van der Waals surface area contributed by atoms with Crippen molar-refractivity contribution in [2.45, 2.75) is 45.8 Å². The van der Waals surface area contributed by atoms with Crippen LogP contribution in [0.1, 0.15) is 45.3 Å². The van der Waals surface area contributed by atoms with Crippen molar-refractivity contribution in [2.75, 3.05) is 13.2 Å². The van der Waals surface area contributed by atoms with E-state index in [0.29, 0.717) is 12.6 Å². The zero-order valence-electron chi connectivity index (χ0n) is 11.8.